The van der Waals surface area contributed by atoms with Crippen LogP contribution in [0.4, 0.5) is 17.6 Å². The second kappa shape index (κ2) is 9.59. The van der Waals surface area contributed by atoms with Gasteiger partial charge in [0.1, 0.15) is 18.3 Å². The molecule has 35 heavy (non-hydrogen) atoms. The number of benzene rings is 1. The summed E-state index contributed by atoms with van der Waals surface area (Å²) in [4.78, 5) is 25.3. The van der Waals surface area contributed by atoms with Crippen LogP contribution in [-0.2, 0) is 9.47 Å². The van der Waals surface area contributed by atoms with Crippen molar-refractivity contribution in [3.63, 3.8) is 0 Å². The number of fused-ring (bicyclic) bond motifs is 1. The van der Waals surface area contributed by atoms with Crippen molar-refractivity contribution in [1.29, 1.82) is 0 Å². The number of aromatic amines is 1. The number of anilines is 3. The summed E-state index contributed by atoms with van der Waals surface area (Å²) < 4.78 is 12.3. The van der Waals surface area contributed by atoms with Gasteiger partial charge in [-0.25, -0.2) is 10.4 Å². The van der Waals surface area contributed by atoms with E-state index in [0.717, 1.165) is 24.3 Å². The van der Waals surface area contributed by atoms with E-state index in [1.165, 1.54) is 4.57 Å². The van der Waals surface area contributed by atoms with Crippen LogP contribution in [0.2, 0.25) is 0 Å². The fourth-order valence-electron chi connectivity index (χ4n) is 4.17. The Labute approximate surface area is 198 Å². The summed E-state index contributed by atoms with van der Waals surface area (Å²) >= 11 is 0. The van der Waals surface area contributed by atoms with Crippen LogP contribution in [0, 0.1) is 0 Å². The average Bonchev–Trinajstić information content (AvgIpc) is 3.36. The highest BCUT2D eigenvalue weighted by molar-refractivity contribution is 5.81. The van der Waals surface area contributed by atoms with E-state index in [1.54, 1.807) is 6.21 Å². The lowest BCUT2D eigenvalue weighted by Gasteiger charge is -2.28. The van der Waals surface area contributed by atoms with Gasteiger partial charge in [0, 0.05) is 18.8 Å². The lowest BCUT2D eigenvalue weighted by Crippen LogP contribution is -2.36. The third-order valence-corrected chi connectivity index (χ3v) is 5.99. The van der Waals surface area contributed by atoms with Crippen molar-refractivity contribution in [3.8, 4) is 0 Å². The molecule has 3 aromatic rings. The Hall–Kier alpha value is -3.56. The van der Waals surface area contributed by atoms with E-state index in [4.69, 9.17) is 15.2 Å². The SMILES string of the molecule is Nc1nc2c(nc(N/N=C\c3ccc(N4CCOCC4)cc3)n2[C@@H]2O[C@H](CO)[C@@H](O)[C@H]2O)c(=O)[nH]1. The average molecular weight is 486 g/mol. The van der Waals surface area contributed by atoms with Gasteiger partial charge in [-0.2, -0.15) is 10.1 Å². The topological polar surface area (TPSA) is 196 Å². The van der Waals surface area contributed by atoms with E-state index in [1.807, 2.05) is 24.3 Å². The summed E-state index contributed by atoms with van der Waals surface area (Å²) in [5.41, 5.74) is 9.71. The van der Waals surface area contributed by atoms with Crippen molar-refractivity contribution in [2.75, 3.05) is 49.0 Å². The summed E-state index contributed by atoms with van der Waals surface area (Å²) in [5, 5.41) is 34.4. The Morgan fingerprint density at radius 2 is 1.94 bits per heavy atom. The molecular formula is C21H26N8O6. The van der Waals surface area contributed by atoms with Gasteiger partial charge in [0.25, 0.3) is 5.56 Å². The molecule has 0 spiro atoms. The molecule has 0 aliphatic carbocycles. The number of rotatable bonds is 6. The van der Waals surface area contributed by atoms with E-state index in [2.05, 4.69) is 30.4 Å². The molecule has 14 heteroatoms. The van der Waals surface area contributed by atoms with E-state index >= 15 is 0 Å². The molecule has 0 radical (unpaired) electrons. The van der Waals surface area contributed by atoms with Gasteiger partial charge in [0.15, 0.2) is 17.4 Å². The van der Waals surface area contributed by atoms with Crippen LogP contribution in [0.25, 0.3) is 11.2 Å². The monoisotopic (exact) mass is 486 g/mol. The Morgan fingerprint density at radius 3 is 2.63 bits per heavy atom. The summed E-state index contributed by atoms with van der Waals surface area (Å²) in [6.07, 6.45) is -3.46. The Bertz CT molecular complexity index is 1270. The Morgan fingerprint density at radius 1 is 1.20 bits per heavy atom. The molecule has 7 N–H and O–H groups in total. The van der Waals surface area contributed by atoms with Gasteiger partial charge in [0.2, 0.25) is 11.9 Å². The number of aromatic nitrogens is 4. The standard InChI is InChI=1S/C21H26N8O6/c22-20-25-17-14(18(33)26-20)24-21(29(17)19-16(32)15(31)13(10-30)35-19)27-23-9-11-1-3-12(4-2-11)28-5-7-34-8-6-28/h1-4,9,13,15-16,19,30-32H,5-8,10H2,(H,24,27)(H3,22,25,26,33)/b23-9-/t13-,15-,16-,19-/m1/s1. The minimum absolute atomic E-state index is 0.0219. The molecule has 0 bridgehead atoms. The lowest BCUT2D eigenvalue weighted by atomic mass is 10.1. The molecule has 0 unspecified atom stereocenters. The molecule has 4 atom stereocenters. The Balaban J connectivity index is 1.42. The van der Waals surface area contributed by atoms with Crippen molar-refractivity contribution in [1.82, 2.24) is 19.5 Å². The fourth-order valence-corrected chi connectivity index (χ4v) is 4.17. The first-order valence-corrected chi connectivity index (χ1v) is 11.1. The van der Waals surface area contributed by atoms with Gasteiger partial charge in [0.05, 0.1) is 26.0 Å². The molecule has 2 aromatic heterocycles. The number of morpholine rings is 1. The number of nitrogens with one attached hydrogen (secondary N) is 2. The first kappa shape index (κ1) is 23.2. The molecule has 14 nitrogen and oxygen atoms in total. The van der Waals surface area contributed by atoms with Crippen LogP contribution in [-0.4, -0.2) is 92.3 Å². The summed E-state index contributed by atoms with van der Waals surface area (Å²) in [6, 6.07) is 7.82. The molecule has 2 fully saturated rings. The van der Waals surface area contributed by atoms with E-state index < -0.39 is 36.7 Å². The number of H-pyrrole nitrogens is 1. The summed E-state index contributed by atoms with van der Waals surface area (Å²) in [5.74, 6) is -0.134. The number of hydrogen-bond acceptors (Lipinski definition) is 12. The number of nitrogen functional groups attached to an aromatic ring is 1. The molecule has 2 saturated heterocycles. The molecular weight excluding hydrogens is 460 g/mol. The van der Waals surface area contributed by atoms with E-state index in [0.29, 0.717) is 13.2 Å². The van der Waals surface area contributed by atoms with E-state index in [9.17, 15) is 20.1 Å². The highest BCUT2D eigenvalue weighted by Gasteiger charge is 2.45. The quantitative estimate of drug-likeness (QED) is 0.177. The van der Waals surface area contributed by atoms with Crippen LogP contribution >= 0.6 is 0 Å². The molecule has 1 aromatic carbocycles. The van der Waals surface area contributed by atoms with Gasteiger partial charge in [-0.3, -0.25) is 14.3 Å². The third-order valence-electron chi connectivity index (χ3n) is 5.99. The molecule has 4 heterocycles. The second-order valence-electron chi connectivity index (χ2n) is 8.22. The van der Waals surface area contributed by atoms with Crippen LogP contribution < -0.4 is 21.6 Å². The van der Waals surface area contributed by atoms with Gasteiger partial charge >= 0.3 is 0 Å². The maximum absolute atomic E-state index is 12.4. The number of aliphatic hydroxyl groups excluding tert-OH is 3. The number of ether oxygens (including phenoxy) is 2. The smallest absolute Gasteiger partial charge is 0.280 e. The molecule has 186 valence electrons. The normalized spacial score (nSPS) is 25.1. The molecule has 0 saturated carbocycles. The highest BCUT2D eigenvalue weighted by atomic mass is 16.6. The van der Waals surface area contributed by atoms with Crippen molar-refractivity contribution in [2.45, 2.75) is 24.5 Å². The maximum atomic E-state index is 12.4. The van der Waals surface area contributed by atoms with Crippen molar-refractivity contribution in [2.24, 2.45) is 5.10 Å². The summed E-state index contributed by atoms with van der Waals surface area (Å²) in [7, 11) is 0. The predicted octanol–water partition coefficient (Wildman–Crippen LogP) is -1.40. The zero-order valence-electron chi connectivity index (χ0n) is 18.6. The molecule has 2 aliphatic heterocycles. The minimum atomic E-state index is -1.43. The molecule has 5 rings (SSSR count). The van der Waals surface area contributed by atoms with Gasteiger partial charge in [-0.15, -0.1) is 0 Å². The minimum Gasteiger partial charge on any atom is -0.394 e. The zero-order valence-corrected chi connectivity index (χ0v) is 18.6. The van der Waals surface area contributed by atoms with Crippen LogP contribution in [0.1, 0.15) is 11.8 Å². The van der Waals surface area contributed by atoms with Crippen molar-refractivity contribution >= 4 is 35.0 Å². The van der Waals surface area contributed by atoms with Gasteiger partial charge in [-0.1, -0.05) is 12.1 Å². The molecule has 0 amide bonds. The second-order valence-corrected chi connectivity index (χ2v) is 8.22. The van der Waals surface area contributed by atoms with Crippen molar-refractivity contribution in [3.05, 3.63) is 40.2 Å². The summed E-state index contributed by atoms with van der Waals surface area (Å²) in [6.45, 7) is 2.56. The van der Waals surface area contributed by atoms with Crippen LogP contribution in [0.15, 0.2) is 34.2 Å². The molecule has 2 aliphatic rings. The van der Waals surface area contributed by atoms with Crippen molar-refractivity contribution < 1.29 is 24.8 Å². The maximum Gasteiger partial charge on any atom is 0.280 e. The van der Waals surface area contributed by atoms with Crippen LogP contribution in [0.5, 0.6) is 0 Å². The van der Waals surface area contributed by atoms with E-state index in [-0.39, 0.29) is 23.1 Å². The van der Waals surface area contributed by atoms with Crippen LogP contribution in [0.3, 0.4) is 0 Å². The largest absolute Gasteiger partial charge is 0.394 e. The fraction of sp³-hybridized carbons (Fsp3) is 0.429. The number of imidazole rings is 1. The number of hydrogen-bond donors (Lipinski definition) is 6. The number of aliphatic hydroxyl groups is 3. The van der Waals surface area contributed by atoms with Gasteiger partial charge < -0.3 is 35.4 Å². The first-order valence-electron chi connectivity index (χ1n) is 11.1. The number of nitrogens with two attached hydrogens (primary N) is 1. The highest BCUT2D eigenvalue weighted by Crippen LogP contribution is 2.34. The number of nitrogens with zero attached hydrogens (tertiary/aromatic N) is 5. The Kier molecular flexibility index (Phi) is 6.36. The zero-order chi connectivity index (χ0) is 24.5. The number of hydrazone groups is 1. The first-order chi connectivity index (χ1) is 17.0. The predicted molar refractivity (Wildman–Crippen MR) is 126 cm³/mol. The van der Waals surface area contributed by atoms with Gasteiger partial charge in [-0.05, 0) is 17.7 Å². The third kappa shape index (κ3) is 4.44. The lowest BCUT2D eigenvalue weighted by molar-refractivity contribution is -0.0501.